The van der Waals surface area contributed by atoms with Crippen molar-refractivity contribution < 1.29 is 24.0 Å². The Morgan fingerprint density at radius 3 is 2.54 bits per heavy atom. The minimum absolute atomic E-state index is 0.0915. The lowest BCUT2D eigenvalue weighted by molar-refractivity contribution is -0.143. The molecule has 1 saturated heterocycles. The number of benzene rings is 1. The lowest BCUT2D eigenvalue weighted by Crippen LogP contribution is -2.40. The first-order valence-corrected chi connectivity index (χ1v) is 8.63. The van der Waals surface area contributed by atoms with Gasteiger partial charge in [0, 0.05) is 25.1 Å². The highest BCUT2D eigenvalue weighted by Gasteiger charge is 2.27. The van der Waals surface area contributed by atoms with Gasteiger partial charge >= 0.3 is 5.97 Å². The maximum absolute atomic E-state index is 12.5. The maximum Gasteiger partial charge on any atom is 0.306 e. The number of nitrogens with zero attached hydrogens (tertiary/aromatic N) is 3. The maximum atomic E-state index is 12.5. The quantitative estimate of drug-likeness (QED) is 0.842. The van der Waals surface area contributed by atoms with E-state index in [2.05, 4.69) is 10.1 Å². The van der Waals surface area contributed by atoms with Gasteiger partial charge in [0.2, 0.25) is 11.7 Å². The van der Waals surface area contributed by atoms with Crippen molar-refractivity contribution in [3.8, 4) is 5.75 Å². The van der Waals surface area contributed by atoms with Crippen LogP contribution in [0.2, 0.25) is 0 Å². The Kier molecular flexibility index (Phi) is 5.50. The Hall–Kier alpha value is -2.90. The molecule has 2 heterocycles. The molecule has 1 aromatic heterocycles. The number of carbonyl (C=O) groups excluding carboxylic acids is 1. The molecule has 2 aromatic rings. The van der Waals surface area contributed by atoms with Crippen molar-refractivity contribution in [2.24, 2.45) is 5.92 Å². The van der Waals surface area contributed by atoms with Gasteiger partial charge in [-0.3, -0.25) is 9.59 Å². The topological polar surface area (TPSA) is 106 Å². The highest BCUT2D eigenvalue weighted by Crippen LogP contribution is 2.20. The predicted octanol–water partition coefficient (Wildman–Crippen LogP) is 2.15. The molecule has 1 fully saturated rings. The number of aryl methyl sites for hydroxylation is 1. The fraction of sp³-hybridized carbons (Fsp3) is 0.444. The number of aromatic nitrogens is 2. The smallest absolute Gasteiger partial charge is 0.306 e. The van der Waals surface area contributed by atoms with Crippen LogP contribution in [-0.2, 0) is 17.8 Å². The van der Waals surface area contributed by atoms with Crippen molar-refractivity contribution in [2.45, 2.75) is 32.8 Å². The number of carboxylic acids is 1. The van der Waals surface area contributed by atoms with Crippen molar-refractivity contribution in [3.63, 3.8) is 0 Å². The number of hydrogen-bond donors (Lipinski definition) is 1. The summed E-state index contributed by atoms with van der Waals surface area (Å²) in [4.78, 5) is 29.4. The van der Waals surface area contributed by atoms with E-state index < -0.39 is 5.97 Å². The van der Waals surface area contributed by atoms with Crippen LogP contribution in [-0.4, -0.2) is 45.1 Å². The molecule has 3 rings (SSSR count). The molecule has 8 heteroatoms. The highest BCUT2D eigenvalue weighted by atomic mass is 16.5. The van der Waals surface area contributed by atoms with Gasteiger partial charge in [-0.05, 0) is 37.1 Å². The normalized spacial score (nSPS) is 15.0. The van der Waals surface area contributed by atoms with E-state index in [0.717, 1.165) is 0 Å². The summed E-state index contributed by atoms with van der Waals surface area (Å²) in [5.74, 6) is 0.416. The summed E-state index contributed by atoms with van der Waals surface area (Å²) in [6.07, 6.45) is 1.66. The van der Waals surface area contributed by atoms with Crippen LogP contribution in [0.25, 0.3) is 0 Å². The van der Waals surface area contributed by atoms with Gasteiger partial charge in [-0.25, -0.2) is 0 Å². The lowest BCUT2D eigenvalue weighted by Gasteiger charge is -2.30. The van der Waals surface area contributed by atoms with Crippen LogP contribution in [0.4, 0.5) is 0 Å². The number of likely N-dealkylation sites (tertiary alicyclic amines) is 1. The summed E-state index contributed by atoms with van der Waals surface area (Å²) < 4.78 is 10.6. The second kappa shape index (κ2) is 7.99. The largest absolute Gasteiger partial charge is 0.485 e. The SMILES string of the molecule is CCc1nc(COc2ccc(C(=O)N3CCC(C(=O)O)CC3)cc2)no1. The number of aliphatic carboxylic acids is 1. The lowest BCUT2D eigenvalue weighted by atomic mass is 9.96. The van der Waals surface area contributed by atoms with Gasteiger partial charge in [0.1, 0.15) is 5.75 Å². The molecule has 0 unspecified atom stereocenters. The molecule has 0 radical (unpaired) electrons. The molecule has 1 aliphatic rings. The predicted molar refractivity (Wildman–Crippen MR) is 90.7 cm³/mol. The molecule has 1 amide bonds. The van der Waals surface area contributed by atoms with Gasteiger partial charge in [0.25, 0.3) is 5.91 Å². The van der Waals surface area contributed by atoms with Crippen LogP contribution in [0, 0.1) is 5.92 Å². The number of piperidine rings is 1. The van der Waals surface area contributed by atoms with Crippen molar-refractivity contribution in [3.05, 3.63) is 41.5 Å². The summed E-state index contributed by atoms with van der Waals surface area (Å²) in [5.41, 5.74) is 0.555. The zero-order chi connectivity index (χ0) is 18.5. The Morgan fingerprint density at radius 2 is 1.96 bits per heavy atom. The van der Waals surface area contributed by atoms with Gasteiger partial charge < -0.3 is 19.3 Å². The summed E-state index contributed by atoms with van der Waals surface area (Å²) in [6, 6.07) is 6.85. The molecule has 0 atom stereocenters. The summed E-state index contributed by atoms with van der Waals surface area (Å²) in [7, 11) is 0. The molecule has 1 aliphatic heterocycles. The second-order valence-electron chi connectivity index (χ2n) is 6.18. The molecule has 0 bridgehead atoms. The number of ether oxygens (including phenoxy) is 1. The Balaban J connectivity index is 1.53. The minimum atomic E-state index is -0.786. The molecular weight excluding hydrogens is 338 g/mol. The van der Waals surface area contributed by atoms with Gasteiger partial charge in [-0.2, -0.15) is 4.98 Å². The fourth-order valence-electron chi connectivity index (χ4n) is 2.85. The molecule has 138 valence electrons. The first-order chi connectivity index (χ1) is 12.6. The van der Waals surface area contributed by atoms with E-state index in [0.29, 0.717) is 55.4 Å². The molecule has 0 spiro atoms. The van der Waals surface area contributed by atoms with Gasteiger partial charge in [0.15, 0.2) is 6.61 Å². The summed E-state index contributed by atoms with van der Waals surface area (Å²) in [5, 5.41) is 12.8. The van der Waals surface area contributed by atoms with Crippen LogP contribution in [0.5, 0.6) is 5.75 Å². The zero-order valence-corrected chi connectivity index (χ0v) is 14.6. The van der Waals surface area contributed by atoms with Gasteiger partial charge in [-0.15, -0.1) is 0 Å². The third-order valence-corrected chi connectivity index (χ3v) is 4.41. The van der Waals surface area contributed by atoms with E-state index in [1.807, 2.05) is 6.92 Å². The van der Waals surface area contributed by atoms with E-state index in [1.165, 1.54) is 0 Å². The minimum Gasteiger partial charge on any atom is -0.485 e. The Morgan fingerprint density at radius 1 is 1.27 bits per heavy atom. The van der Waals surface area contributed by atoms with Crippen LogP contribution in [0.1, 0.15) is 41.8 Å². The molecule has 1 aromatic carbocycles. The molecule has 0 aliphatic carbocycles. The molecule has 8 nitrogen and oxygen atoms in total. The third kappa shape index (κ3) is 4.19. The summed E-state index contributed by atoms with van der Waals surface area (Å²) in [6.45, 7) is 3.05. The van der Waals surface area contributed by atoms with E-state index in [9.17, 15) is 9.59 Å². The first-order valence-electron chi connectivity index (χ1n) is 8.63. The monoisotopic (exact) mass is 359 g/mol. The van der Waals surface area contributed by atoms with Crippen molar-refractivity contribution in [1.82, 2.24) is 15.0 Å². The van der Waals surface area contributed by atoms with Crippen LogP contribution < -0.4 is 4.74 Å². The molecular formula is C18H21N3O5. The second-order valence-corrected chi connectivity index (χ2v) is 6.18. The van der Waals surface area contributed by atoms with E-state index in [4.69, 9.17) is 14.4 Å². The Labute approximate surface area is 150 Å². The first kappa shape index (κ1) is 17.9. The fourth-order valence-corrected chi connectivity index (χ4v) is 2.85. The van der Waals surface area contributed by atoms with Crippen molar-refractivity contribution >= 4 is 11.9 Å². The average molecular weight is 359 g/mol. The zero-order valence-electron chi connectivity index (χ0n) is 14.6. The number of carbonyl (C=O) groups is 2. The number of amides is 1. The highest BCUT2D eigenvalue weighted by molar-refractivity contribution is 5.94. The van der Waals surface area contributed by atoms with Crippen LogP contribution in [0.3, 0.4) is 0 Å². The average Bonchev–Trinajstić information content (AvgIpc) is 3.14. The Bertz CT molecular complexity index is 763. The van der Waals surface area contributed by atoms with E-state index in [-0.39, 0.29) is 18.4 Å². The third-order valence-electron chi connectivity index (χ3n) is 4.41. The van der Waals surface area contributed by atoms with E-state index in [1.54, 1.807) is 29.2 Å². The standard InChI is InChI=1S/C18H21N3O5/c1-2-16-19-15(20-26-16)11-25-14-5-3-12(4-6-14)17(22)21-9-7-13(8-10-21)18(23)24/h3-6,13H,2,7-11H2,1H3,(H,23,24). The van der Waals surface area contributed by atoms with Crippen LogP contribution in [0.15, 0.2) is 28.8 Å². The van der Waals surface area contributed by atoms with Crippen molar-refractivity contribution in [1.29, 1.82) is 0 Å². The number of hydrogen-bond acceptors (Lipinski definition) is 6. The van der Waals surface area contributed by atoms with Crippen LogP contribution >= 0.6 is 0 Å². The van der Waals surface area contributed by atoms with Crippen molar-refractivity contribution in [2.75, 3.05) is 13.1 Å². The summed E-state index contributed by atoms with van der Waals surface area (Å²) >= 11 is 0. The number of rotatable bonds is 6. The van der Waals surface area contributed by atoms with E-state index >= 15 is 0 Å². The molecule has 1 N–H and O–H groups in total. The van der Waals surface area contributed by atoms with Gasteiger partial charge in [-0.1, -0.05) is 12.1 Å². The molecule has 0 saturated carbocycles. The van der Waals surface area contributed by atoms with Gasteiger partial charge in [0.05, 0.1) is 5.92 Å². The molecule has 26 heavy (non-hydrogen) atoms. The number of carboxylic acid groups (broad SMARTS) is 1.